The van der Waals surface area contributed by atoms with E-state index in [1.165, 1.54) is 11.6 Å². The van der Waals surface area contributed by atoms with Gasteiger partial charge in [-0.3, -0.25) is 9.78 Å². The minimum Gasteiger partial charge on any atom is -0.378 e. The van der Waals surface area contributed by atoms with Gasteiger partial charge in [-0.1, -0.05) is 36.8 Å². The van der Waals surface area contributed by atoms with E-state index < -0.39 is 17.2 Å². The Labute approximate surface area is 222 Å². The Morgan fingerprint density at radius 3 is 2.82 bits per heavy atom. The van der Waals surface area contributed by atoms with Crippen molar-refractivity contribution in [2.24, 2.45) is 11.3 Å². The van der Waals surface area contributed by atoms with Gasteiger partial charge in [0.05, 0.1) is 17.1 Å². The molecule has 5 nitrogen and oxygen atoms in total. The number of halogens is 3. The van der Waals surface area contributed by atoms with Crippen LogP contribution in [0.1, 0.15) is 67.3 Å². The van der Waals surface area contributed by atoms with Crippen LogP contribution in [-0.4, -0.2) is 47.1 Å². The Balaban J connectivity index is 1.11. The van der Waals surface area contributed by atoms with E-state index in [4.69, 9.17) is 4.74 Å². The number of amides is 1. The molecule has 2 aliphatic carbocycles. The molecule has 1 aromatic carbocycles. The van der Waals surface area contributed by atoms with Crippen LogP contribution in [0.5, 0.6) is 0 Å². The van der Waals surface area contributed by atoms with Gasteiger partial charge in [0.2, 0.25) is 5.91 Å². The summed E-state index contributed by atoms with van der Waals surface area (Å²) in [4.78, 5) is 19.9. The van der Waals surface area contributed by atoms with Crippen LogP contribution in [0.15, 0.2) is 42.6 Å². The van der Waals surface area contributed by atoms with Gasteiger partial charge in [-0.25, -0.2) is 0 Å². The summed E-state index contributed by atoms with van der Waals surface area (Å²) in [6.45, 7) is 1.49. The number of alkyl halides is 3. The zero-order valence-electron chi connectivity index (χ0n) is 21.7. The fraction of sp³-hybridized carbons (Fsp3) is 0.600. The number of carbonyl (C=O) groups is 1. The topological polar surface area (TPSA) is 54.5 Å². The summed E-state index contributed by atoms with van der Waals surface area (Å²) in [6.07, 6.45) is 4.84. The Bertz CT molecular complexity index is 1160. The van der Waals surface area contributed by atoms with Crippen molar-refractivity contribution in [2.75, 3.05) is 13.2 Å². The number of hydrogen-bond acceptors (Lipinski definition) is 4. The zero-order chi connectivity index (χ0) is 26.3. The van der Waals surface area contributed by atoms with Crippen LogP contribution in [0.25, 0.3) is 0 Å². The van der Waals surface area contributed by atoms with Crippen molar-refractivity contribution in [3.05, 3.63) is 65.0 Å². The summed E-state index contributed by atoms with van der Waals surface area (Å²) in [7, 11) is 0. The smallest absolute Gasteiger partial charge is 0.378 e. The average Bonchev–Trinajstić information content (AvgIpc) is 3.46. The molecule has 3 fully saturated rings. The van der Waals surface area contributed by atoms with Crippen LogP contribution in [0.3, 0.4) is 0 Å². The van der Waals surface area contributed by atoms with Crippen LogP contribution >= 0.6 is 0 Å². The number of benzene rings is 1. The molecule has 204 valence electrons. The second-order valence-electron chi connectivity index (χ2n) is 11.8. The van der Waals surface area contributed by atoms with Gasteiger partial charge in [0.25, 0.3) is 0 Å². The molecular weight excluding hydrogens is 491 g/mol. The molecular formula is C30H36F3N3O2. The zero-order valence-corrected chi connectivity index (χ0v) is 21.7. The van der Waals surface area contributed by atoms with Crippen molar-refractivity contribution in [2.45, 2.75) is 88.7 Å². The highest BCUT2D eigenvalue weighted by molar-refractivity contribution is 5.84. The third kappa shape index (κ3) is 5.09. The maximum Gasteiger partial charge on any atom is 0.417 e. The normalized spacial score (nSPS) is 31.2. The monoisotopic (exact) mass is 527 g/mol. The Morgan fingerprint density at radius 1 is 1.16 bits per heavy atom. The molecule has 0 spiro atoms. The molecule has 4 aliphatic rings. The SMILES string of the molecule is O=C(N1CCc2ncc(C(F)(F)F)cc2C1)[C@@]12CCC[C@@H]1CC(N[C@@H]1CCO[C@H](Cc3ccccc3)C1)C2. The summed E-state index contributed by atoms with van der Waals surface area (Å²) in [5.74, 6) is 0.481. The Kier molecular flexibility index (Phi) is 6.97. The number of fused-ring (bicyclic) bond motifs is 2. The summed E-state index contributed by atoms with van der Waals surface area (Å²) < 4.78 is 45.9. The molecule has 1 unspecified atom stereocenters. The minimum atomic E-state index is -4.43. The number of hydrogen-bond donors (Lipinski definition) is 1. The van der Waals surface area contributed by atoms with Gasteiger partial charge in [-0.05, 0) is 68.1 Å². The van der Waals surface area contributed by atoms with Gasteiger partial charge >= 0.3 is 6.18 Å². The van der Waals surface area contributed by atoms with Crippen LogP contribution < -0.4 is 5.32 Å². The number of nitrogens with zero attached hydrogens (tertiary/aromatic N) is 2. The van der Waals surface area contributed by atoms with Crippen LogP contribution in [0, 0.1) is 11.3 Å². The molecule has 5 atom stereocenters. The molecule has 0 bridgehead atoms. The first-order valence-electron chi connectivity index (χ1n) is 14.1. The van der Waals surface area contributed by atoms with E-state index in [9.17, 15) is 18.0 Å². The molecule has 2 aromatic rings. The third-order valence-corrected chi connectivity index (χ3v) is 9.36. The molecule has 1 N–H and O–H groups in total. The van der Waals surface area contributed by atoms with E-state index in [0.29, 0.717) is 42.2 Å². The van der Waals surface area contributed by atoms with E-state index in [-0.39, 0.29) is 18.6 Å². The largest absolute Gasteiger partial charge is 0.417 e. The van der Waals surface area contributed by atoms with Crippen molar-refractivity contribution in [3.8, 4) is 0 Å². The standard InChI is InChI=1S/C30H36F3N3O2/c31-30(32,33)23-14-21-19-36(11-8-27(21)34-18-23)28(37)29-10-4-7-22(29)15-25(17-29)35-24-9-12-38-26(16-24)13-20-5-2-1-3-6-20/h1-3,5-6,14,18,22,24-26,35H,4,7-13,15-17,19H2/t22-,24-,25?,26-,29-/m1/s1. The van der Waals surface area contributed by atoms with Crippen molar-refractivity contribution in [1.82, 2.24) is 15.2 Å². The molecule has 6 rings (SSSR count). The molecule has 1 saturated heterocycles. The number of pyridine rings is 1. The van der Waals surface area contributed by atoms with Crippen molar-refractivity contribution in [1.29, 1.82) is 0 Å². The van der Waals surface area contributed by atoms with Gasteiger partial charge in [0.15, 0.2) is 0 Å². The lowest BCUT2D eigenvalue weighted by molar-refractivity contribution is -0.144. The van der Waals surface area contributed by atoms with E-state index >= 15 is 0 Å². The van der Waals surface area contributed by atoms with Gasteiger partial charge in [0, 0.05) is 50.1 Å². The summed E-state index contributed by atoms with van der Waals surface area (Å²) in [5, 5.41) is 3.90. The lowest BCUT2D eigenvalue weighted by Crippen LogP contribution is -2.48. The number of rotatable bonds is 5. The third-order valence-electron chi connectivity index (χ3n) is 9.36. The summed E-state index contributed by atoms with van der Waals surface area (Å²) >= 11 is 0. The van der Waals surface area contributed by atoms with Crippen molar-refractivity contribution in [3.63, 3.8) is 0 Å². The van der Waals surface area contributed by atoms with Crippen LogP contribution in [0.2, 0.25) is 0 Å². The lowest BCUT2D eigenvalue weighted by atomic mass is 9.78. The maximum atomic E-state index is 14.0. The summed E-state index contributed by atoms with van der Waals surface area (Å²) in [6, 6.07) is 12.3. The second-order valence-corrected chi connectivity index (χ2v) is 11.8. The fourth-order valence-electron chi connectivity index (χ4n) is 7.57. The highest BCUT2D eigenvalue weighted by Gasteiger charge is 2.56. The van der Waals surface area contributed by atoms with Gasteiger partial charge in [-0.2, -0.15) is 13.2 Å². The van der Waals surface area contributed by atoms with E-state index in [2.05, 4.69) is 34.6 Å². The first-order chi connectivity index (χ1) is 18.3. The van der Waals surface area contributed by atoms with Gasteiger partial charge in [-0.15, -0.1) is 0 Å². The molecule has 8 heteroatoms. The number of carbonyl (C=O) groups excluding carboxylic acids is 1. The minimum absolute atomic E-state index is 0.140. The van der Waals surface area contributed by atoms with Gasteiger partial charge < -0.3 is 15.0 Å². The molecule has 3 heterocycles. The molecule has 1 aromatic heterocycles. The van der Waals surface area contributed by atoms with Crippen LogP contribution in [0.4, 0.5) is 13.2 Å². The predicted molar refractivity (Wildman–Crippen MR) is 137 cm³/mol. The molecule has 2 aliphatic heterocycles. The highest BCUT2D eigenvalue weighted by Crippen LogP contribution is 2.55. The maximum absolute atomic E-state index is 14.0. The first-order valence-corrected chi connectivity index (χ1v) is 14.1. The van der Waals surface area contributed by atoms with E-state index in [0.717, 1.165) is 64.2 Å². The molecule has 1 amide bonds. The Morgan fingerprint density at radius 2 is 2.00 bits per heavy atom. The number of ether oxygens (including phenoxy) is 1. The fourth-order valence-corrected chi connectivity index (χ4v) is 7.57. The molecule has 0 radical (unpaired) electrons. The first kappa shape index (κ1) is 25.8. The van der Waals surface area contributed by atoms with E-state index in [1.807, 2.05) is 11.0 Å². The van der Waals surface area contributed by atoms with Crippen molar-refractivity contribution < 1.29 is 22.7 Å². The van der Waals surface area contributed by atoms with Gasteiger partial charge in [0.1, 0.15) is 0 Å². The number of aromatic nitrogens is 1. The highest BCUT2D eigenvalue weighted by atomic mass is 19.4. The van der Waals surface area contributed by atoms with Crippen LogP contribution in [-0.2, 0) is 35.1 Å². The lowest BCUT2D eigenvalue weighted by Gasteiger charge is -2.37. The second kappa shape index (κ2) is 10.3. The molecule has 2 saturated carbocycles. The summed E-state index contributed by atoms with van der Waals surface area (Å²) in [5.41, 5.74) is 1.37. The number of nitrogens with one attached hydrogen (secondary N) is 1. The van der Waals surface area contributed by atoms with E-state index in [1.54, 1.807) is 0 Å². The molecule has 38 heavy (non-hydrogen) atoms. The average molecular weight is 528 g/mol. The Hall–Kier alpha value is -2.45. The van der Waals surface area contributed by atoms with Crippen molar-refractivity contribution >= 4 is 5.91 Å². The predicted octanol–water partition coefficient (Wildman–Crippen LogP) is 5.31. The quantitative estimate of drug-likeness (QED) is 0.573.